The SMILES string of the molecule is Cc1nc2ccccc2c(=O)n1CC(=O)NC1COc2ccccc21. The molecule has 1 unspecified atom stereocenters. The first-order valence-electron chi connectivity index (χ1n) is 8.11. The van der Waals surface area contributed by atoms with Gasteiger partial charge in [-0.25, -0.2) is 4.98 Å². The van der Waals surface area contributed by atoms with Gasteiger partial charge in [0, 0.05) is 5.56 Å². The van der Waals surface area contributed by atoms with Gasteiger partial charge in [-0.1, -0.05) is 30.3 Å². The van der Waals surface area contributed by atoms with E-state index < -0.39 is 0 Å². The van der Waals surface area contributed by atoms with Crippen LogP contribution in [0.1, 0.15) is 17.4 Å². The molecule has 0 fully saturated rings. The summed E-state index contributed by atoms with van der Waals surface area (Å²) >= 11 is 0. The fourth-order valence-electron chi connectivity index (χ4n) is 3.13. The van der Waals surface area contributed by atoms with Gasteiger partial charge in [0.2, 0.25) is 5.91 Å². The Bertz CT molecular complexity index is 1030. The maximum absolute atomic E-state index is 12.6. The minimum Gasteiger partial charge on any atom is -0.491 e. The third-order valence-corrected chi connectivity index (χ3v) is 4.39. The Kier molecular flexibility index (Phi) is 3.72. The van der Waals surface area contributed by atoms with Crippen LogP contribution in [0.4, 0.5) is 0 Å². The number of hydrogen-bond donors (Lipinski definition) is 1. The van der Waals surface area contributed by atoms with Crippen molar-refractivity contribution in [2.75, 3.05) is 6.61 Å². The Morgan fingerprint density at radius 3 is 2.88 bits per heavy atom. The number of hydrogen-bond acceptors (Lipinski definition) is 4. The molecule has 1 amide bonds. The van der Waals surface area contributed by atoms with E-state index in [0.717, 1.165) is 11.3 Å². The van der Waals surface area contributed by atoms with Gasteiger partial charge in [-0.15, -0.1) is 0 Å². The number of nitrogens with one attached hydrogen (secondary N) is 1. The number of carbonyl (C=O) groups is 1. The largest absolute Gasteiger partial charge is 0.491 e. The zero-order valence-electron chi connectivity index (χ0n) is 13.7. The molecule has 3 aromatic rings. The minimum atomic E-state index is -0.243. The molecular weight excluding hydrogens is 318 g/mol. The molecule has 0 radical (unpaired) electrons. The van der Waals surface area contributed by atoms with Crippen LogP contribution >= 0.6 is 0 Å². The molecule has 6 heteroatoms. The number of nitrogens with zero attached hydrogens (tertiary/aromatic N) is 2. The predicted molar refractivity (Wildman–Crippen MR) is 93.6 cm³/mol. The maximum atomic E-state index is 12.6. The third-order valence-electron chi connectivity index (χ3n) is 4.39. The second-order valence-corrected chi connectivity index (χ2v) is 6.04. The molecule has 0 bridgehead atoms. The van der Waals surface area contributed by atoms with Crippen molar-refractivity contribution in [1.82, 2.24) is 14.9 Å². The highest BCUT2D eigenvalue weighted by molar-refractivity contribution is 5.79. The zero-order chi connectivity index (χ0) is 17.4. The molecule has 0 spiro atoms. The van der Waals surface area contributed by atoms with Crippen LogP contribution in [-0.2, 0) is 11.3 Å². The molecule has 2 heterocycles. The molecule has 2 aromatic carbocycles. The Balaban J connectivity index is 1.58. The van der Waals surface area contributed by atoms with Crippen LogP contribution in [0.5, 0.6) is 5.75 Å². The summed E-state index contributed by atoms with van der Waals surface area (Å²) in [6.45, 7) is 2.06. The molecule has 1 aliphatic rings. The van der Waals surface area contributed by atoms with E-state index in [1.165, 1.54) is 4.57 Å². The molecule has 4 rings (SSSR count). The van der Waals surface area contributed by atoms with Crippen molar-refractivity contribution in [3.05, 3.63) is 70.3 Å². The average Bonchev–Trinajstić information content (AvgIpc) is 3.02. The van der Waals surface area contributed by atoms with Gasteiger partial charge in [0.25, 0.3) is 5.56 Å². The van der Waals surface area contributed by atoms with Crippen molar-refractivity contribution in [3.63, 3.8) is 0 Å². The molecule has 126 valence electrons. The van der Waals surface area contributed by atoms with Crippen molar-refractivity contribution < 1.29 is 9.53 Å². The van der Waals surface area contributed by atoms with E-state index in [-0.39, 0.29) is 24.1 Å². The molecule has 1 N–H and O–H groups in total. The van der Waals surface area contributed by atoms with Crippen LogP contribution in [0.25, 0.3) is 10.9 Å². The van der Waals surface area contributed by atoms with Crippen LogP contribution in [0.3, 0.4) is 0 Å². The highest BCUT2D eigenvalue weighted by Crippen LogP contribution is 2.31. The number of carbonyl (C=O) groups excluding carboxylic acids is 1. The van der Waals surface area contributed by atoms with E-state index in [1.54, 1.807) is 25.1 Å². The number of amides is 1. The van der Waals surface area contributed by atoms with Gasteiger partial charge in [-0.3, -0.25) is 14.2 Å². The molecule has 6 nitrogen and oxygen atoms in total. The Hall–Kier alpha value is -3.15. The number of aryl methyl sites for hydroxylation is 1. The standard InChI is InChI=1S/C19H17N3O3/c1-12-20-15-8-4-2-7-14(15)19(24)22(12)10-18(23)21-16-11-25-17-9-5-3-6-13(16)17/h2-9,16H,10-11H2,1H3,(H,21,23). The second kappa shape index (κ2) is 6.05. The fraction of sp³-hybridized carbons (Fsp3) is 0.211. The number of fused-ring (bicyclic) bond motifs is 2. The number of benzene rings is 2. The summed E-state index contributed by atoms with van der Waals surface area (Å²) in [5.41, 5.74) is 1.39. The third kappa shape index (κ3) is 2.76. The number of para-hydroxylation sites is 2. The molecule has 1 atom stereocenters. The summed E-state index contributed by atoms with van der Waals surface area (Å²) < 4.78 is 6.97. The molecule has 0 saturated carbocycles. The fourth-order valence-corrected chi connectivity index (χ4v) is 3.13. The van der Waals surface area contributed by atoms with Crippen molar-refractivity contribution in [2.45, 2.75) is 19.5 Å². The van der Waals surface area contributed by atoms with E-state index in [2.05, 4.69) is 10.3 Å². The second-order valence-electron chi connectivity index (χ2n) is 6.04. The summed E-state index contributed by atoms with van der Waals surface area (Å²) in [7, 11) is 0. The molecular formula is C19H17N3O3. The Morgan fingerprint density at radius 2 is 2.00 bits per heavy atom. The van der Waals surface area contributed by atoms with Crippen LogP contribution in [0.2, 0.25) is 0 Å². The molecule has 0 aliphatic carbocycles. The predicted octanol–water partition coefficient (Wildman–Crippen LogP) is 1.95. The van der Waals surface area contributed by atoms with E-state index in [1.807, 2.05) is 30.3 Å². The van der Waals surface area contributed by atoms with Crippen LogP contribution < -0.4 is 15.6 Å². The smallest absolute Gasteiger partial charge is 0.261 e. The number of rotatable bonds is 3. The summed E-state index contributed by atoms with van der Waals surface area (Å²) in [6, 6.07) is 14.6. The van der Waals surface area contributed by atoms with Crippen LogP contribution in [-0.4, -0.2) is 22.1 Å². The monoisotopic (exact) mass is 335 g/mol. The summed E-state index contributed by atoms with van der Waals surface area (Å²) in [6.07, 6.45) is 0. The van der Waals surface area contributed by atoms with Gasteiger partial charge in [-0.05, 0) is 25.1 Å². The highest BCUT2D eigenvalue weighted by Gasteiger charge is 2.25. The molecule has 0 saturated heterocycles. The summed E-state index contributed by atoms with van der Waals surface area (Å²) in [4.78, 5) is 29.5. The first-order chi connectivity index (χ1) is 12.1. The van der Waals surface area contributed by atoms with E-state index >= 15 is 0 Å². The van der Waals surface area contributed by atoms with Gasteiger partial charge in [-0.2, -0.15) is 0 Å². The van der Waals surface area contributed by atoms with Gasteiger partial charge in [0.05, 0.1) is 16.9 Å². The number of ether oxygens (including phenoxy) is 1. The molecule has 1 aliphatic heterocycles. The maximum Gasteiger partial charge on any atom is 0.261 e. The average molecular weight is 335 g/mol. The number of aromatic nitrogens is 2. The minimum absolute atomic E-state index is 0.0683. The van der Waals surface area contributed by atoms with Gasteiger partial charge >= 0.3 is 0 Å². The van der Waals surface area contributed by atoms with Gasteiger partial charge in [0.15, 0.2) is 0 Å². The zero-order valence-corrected chi connectivity index (χ0v) is 13.7. The van der Waals surface area contributed by atoms with Crippen molar-refractivity contribution >= 4 is 16.8 Å². The van der Waals surface area contributed by atoms with Crippen LogP contribution in [0, 0.1) is 6.92 Å². The Morgan fingerprint density at radius 1 is 1.24 bits per heavy atom. The lowest BCUT2D eigenvalue weighted by Crippen LogP contribution is -2.36. The lowest BCUT2D eigenvalue weighted by Gasteiger charge is -2.14. The summed E-state index contributed by atoms with van der Waals surface area (Å²) in [5.74, 6) is 1.06. The van der Waals surface area contributed by atoms with Crippen molar-refractivity contribution in [2.24, 2.45) is 0 Å². The van der Waals surface area contributed by atoms with Crippen LogP contribution in [0.15, 0.2) is 53.3 Å². The lowest BCUT2D eigenvalue weighted by molar-refractivity contribution is -0.122. The first kappa shape index (κ1) is 15.4. The first-order valence-corrected chi connectivity index (χ1v) is 8.11. The molecule has 1 aromatic heterocycles. The molecule has 25 heavy (non-hydrogen) atoms. The topological polar surface area (TPSA) is 73.2 Å². The summed E-state index contributed by atoms with van der Waals surface area (Å²) in [5, 5.41) is 3.44. The van der Waals surface area contributed by atoms with E-state index in [0.29, 0.717) is 23.3 Å². The van der Waals surface area contributed by atoms with Crippen molar-refractivity contribution in [3.8, 4) is 5.75 Å². The van der Waals surface area contributed by atoms with E-state index in [9.17, 15) is 9.59 Å². The van der Waals surface area contributed by atoms with E-state index in [4.69, 9.17) is 4.74 Å². The quantitative estimate of drug-likeness (QED) is 0.794. The Labute approximate surface area is 144 Å². The normalized spacial score (nSPS) is 15.6. The highest BCUT2D eigenvalue weighted by atomic mass is 16.5. The van der Waals surface area contributed by atoms with Gasteiger partial charge in [0.1, 0.15) is 24.7 Å². The van der Waals surface area contributed by atoms with Crippen molar-refractivity contribution in [1.29, 1.82) is 0 Å². The van der Waals surface area contributed by atoms with Gasteiger partial charge < -0.3 is 10.1 Å². The lowest BCUT2D eigenvalue weighted by atomic mass is 10.1.